The van der Waals surface area contributed by atoms with E-state index in [0.717, 1.165) is 0 Å². The Morgan fingerprint density at radius 2 is 2.06 bits per heavy atom. The van der Waals surface area contributed by atoms with Crippen LogP contribution in [0.5, 0.6) is 5.75 Å². The number of phenols is 1. The van der Waals surface area contributed by atoms with Gasteiger partial charge in [0, 0.05) is 13.1 Å². The SMILES string of the molecule is CN(C)CCNS(=O)(=O)c1ccc(O)c(I)c1. The van der Waals surface area contributed by atoms with Gasteiger partial charge in [0.2, 0.25) is 10.0 Å². The zero-order valence-corrected chi connectivity index (χ0v) is 12.6. The van der Waals surface area contributed by atoms with E-state index in [2.05, 4.69) is 4.72 Å². The number of hydrogen-bond acceptors (Lipinski definition) is 4. The lowest BCUT2D eigenvalue weighted by atomic mass is 10.3. The molecule has 7 heteroatoms. The molecule has 1 aromatic carbocycles. The number of benzene rings is 1. The topological polar surface area (TPSA) is 69.6 Å². The van der Waals surface area contributed by atoms with Crippen LogP contribution in [0.4, 0.5) is 0 Å². The van der Waals surface area contributed by atoms with E-state index in [9.17, 15) is 13.5 Å². The van der Waals surface area contributed by atoms with Crippen molar-refractivity contribution in [3.63, 3.8) is 0 Å². The first kappa shape index (κ1) is 14.7. The fourth-order valence-electron chi connectivity index (χ4n) is 1.14. The Balaban J connectivity index is 2.79. The van der Waals surface area contributed by atoms with Crippen LogP contribution >= 0.6 is 22.6 Å². The van der Waals surface area contributed by atoms with Gasteiger partial charge in [-0.2, -0.15) is 0 Å². The lowest BCUT2D eigenvalue weighted by Gasteiger charge is -2.11. The maximum Gasteiger partial charge on any atom is 0.240 e. The molecular formula is C10H15IN2O3S. The predicted molar refractivity (Wildman–Crippen MR) is 74.6 cm³/mol. The van der Waals surface area contributed by atoms with Crippen LogP contribution < -0.4 is 4.72 Å². The average Bonchev–Trinajstić information content (AvgIpc) is 2.21. The summed E-state index contributed by atoms with van der Waals surface area (Å²) >= 11 is 1.89. The smallest absolute Gasteiger partial charge is 0.240 e. The Hall–Kier alpha value is -0.380. The van der Waals surface area contributed by atoms with E-state index in [-0.39, 0.29) is 10.6 Å². The van der Waals surface area contributed by atoms with Gasteiger partial charge in [0.15, 0.2) is 0 Å². The second-order valence-electron chi connectivity index (χ2n) is 3.81. The van der Waals surface area contributed by atoms with E-state index in [4.69, 9.17) is 0 Å². The molecule has 0 aliphatic carbocycles. The molecule has 0 fully saturated rings. The first-order chi connectivity index (χ1) is 7.83. The molecule has 0 bridgehead atoms. The van der Waals surface area contributed by atoms with Crippen LogP contribution in [0, 0.1) is 3.57 Å². The summed E-state index contributed by atoms with van der Waals surface area (Å²) in [5, 5.41) is 9.33. The van der Waals surface area contributed by atoms with E-state index in [1.54, 1.807) is 0 Å². The third kappa shape index (κ3) is 4.41. The number of nitrogens with zero attached hydrogens (tertiary/aromatic N) is 1. The Bertz CT molecular complexity index is 488. The molecule has 0 radical (unpaired) electrons. The van der Waals surface area contributed by atoms with Gasteiger partial charge in [0.25, 0.3) is 0 Å². The third-order valence-corrected chi connectivity index (χ3v) is 4.40. The van der Waals surface area contributed by atoms with Gasteiger partial charge in [-0.25, -0.2) is 13.1 Å². The first-order valence-electron chi connectivity index (χ1n) is 4.96. The molecule has 0 aliphatic rings. The summed E-state index contributed by atoms with van der Waals surface area (Å²) in [6.07, 6.45) is 0. The van der Waals surface area contributed by atoms with Crippen molar-refractivity contribution in [1.29, 1.82) is 0 Å². The molecular weight excluding hydrogens is 355 g/mol. The Morgan fingerprint density at radius 3 is 2.59 bits per heavy atom. The van der Waals surface area contributed by atoms with Crippen molar-refractivity contribution >= 4 is 32.6 Å². The Morgan fingerprint density at radius 1 is 1.41 bits per heavy atom. The van der Waals surface area contributed by atoms with Crippen molar-refractivity contribution in [3.8, 4) is 5.75 Å². The first-order valence-corrected chi connectivity index (χ1v) is 7.52. The molecule has 0 aliphatic heterocycles. The number of halogens is 1. The molecule has 0 saturated carbocycles. The quantitative estimate of drug-likeness (QED) is 0.754. The van der Waals surface area contributed by atoms with Crippen molar-refractivity contribution in [1.82, 2.24) is 9.62 Å². The van der Waals surface area contributed by atoms with Gasteiger partial charge in [0.05, 0.1) is 8.47 Å². The molecule has 0 aromatic heterocycles. The summed E-state index contributed by atoms with van der Waals surface area (Å²) < 4.78 is 26.7. The van der Waals surface area contributed by atoms with Gasteiger partial charge in [-0.05, 0) is 54.9 Å². The highest BCUT2D eigenvalue weighted by molar-refractivity contribution is 14.1. The van der Waals surface area contributed by atoms with Crippen LogP contribution in [0.15, 0.2) is 23.1 Å². The van der Waals surface area contributed by atoms with Crippen LogP contribution in [-0.4, -0.2) is 45.6 Å². The molecule has 0 atom stereocenters. The molecule has 1 rings (SSSR count). The van der Waals surface area contributed by atoms with Gasteiger partial charge in [-0.1, -0.05) is 0 Å². The highest BCUT2D eigenvalue weighted by Gasteiger charge is 2.14. The predicted octanol–water partition coefficient (Wildman–Crippen LogP) is 0.837. The molecule has 2 N–H and O–H groups in total. The van der Waals surface area contributed by atoms with Gasteiger partial charge in [0.1, 0.15) is 5.75 Å². The van der Waals surface area contributed by atoms with Crippen LogP contribution in [0.3, 0.4) is 0 Å². The molecule has 96 valence electrons. The highest BCUT2D eigenvalue weighted by atomic mass is 127. The summed E-state index contributed by atoms with van der Waals surface area (Å²) in [7, 11) is 0.258. The van der Waals surface area contributed by atoms with Gasteiger partial charge in [-0.15, -0.1) is 0 Å². The van der Waals surface area contributed by atoms with E-state index >= 15 is 0 Å². The Labute approximate surface area is 115 Å². The fraction of sp³-hybridized carbons (Fsp3) is 0.400. The summed E-state index contributed by atoms with van der Waals surface area (Å²) in [4.78, 5) is 2.06. The second-order valence-corrected chi connectivity index (χ2v) is 6.74. The maximum atomic E-state index is 11.9. The minimum atomic E-state index is -3.49. The monoisotopic (exact) mass is 370 g/mol. The number of nitrogens with one attached hydrogen (secondary N) is 1. The van der Waals surface area contributed by atoms with Crippen molar-refractivity contribution in [2.75, 3.05) is 27.2 Å². The minimum absolute atomic E-state index is 0.0813. The average molecular weight is 370 g/mol. The largest absolute Gasteiger partial charge is 0.507 e. The molecule has 17 heavy (non-hydrogen) atoms. The second kappa shape index (κ2) is 5.98. The summed E-state index contributed by atoms with van der Waals surface area (Å²) in [5.74, 6) is 0.0813. The lowest BCUT2D eigenvalue weighted by molar-refractivity contribution is 0.412. The normalized spacial score (nSPS) is 12.0. The highest BCUT2D eigenvalue weighted by Crippen LogP contribution is 2.22. The molecule has 0 spiro atoms. The molecule has 0 saturated heterocycles. The van der Waals surface area contributed by atoms with Crippen LogP contribution in [0.1, 0.15) is 0 Å². The van der Waals surface area contributed by atoms with Crippen molar-refractivity contribution in [3.05, 3.63) is 21.8 Å². The van der Waals surface area contributed by atoms with Gasteiger partial charge >= 0.3 is 0 Å². The molecule has 0 heterocycles. The zero-order chi connectivity index (χ0) is 13.1. The van der Waals surface area contributed by atoms with E-state index < -0.39 is 10.0 Å². The Kier molecular flexibility index (Phi) is 5.17. The van der Waals surface area contributed by atoms with Gasteiger partial charge < -0.3 is 10.0 Å². The third-order valence-electron chi connectivity index (χ3n) is 2.08. The number of likely N-dealkylation sites (N-methyl/N-ethyl adjacent to an activating group) is 1. The fourth-order valence-corrected chi connectivity index (χ4v) is 2.92. The lowest BCUT2D eigenvalue weighted by Crippen LogP contribution is -2.31. The number of rotatable bonds is 5. The number of phenolic OH excluding ortho intramolecular Hbond substituents is 1. The molecule has 1 aromatic rings. The van der Waals surface area contributed by atoms with E-state index in [1.807, 2.05) is 41.6 Å². The standard InChI is InChI=1S/C10H15IN2O3S/c1-13(2)6-5-12-17(15,16)8-3-4-10(14)9(11)7-8/h3-4,7,12,14H,5-6H2,1-2H3. The van der Waals surface area contributed by atoms with Crippen LogP contribution in [0.25, 0.3) is 0 Å². The number of hydrogen-bond donors (Lipinski definition) is 2. The number of sulfonamides is 1. The summed E-state index contributed by atoms with van der Waals surface area (Å²) in [6, 6.07) is 4.20. The van der Waals surface area contributed by atoms with Crippen molar-refractivity contribution in [2.45, 2.75) is 4.90 Å². The zero-order valence-electron chi connectivity index (χ0n) is 9.64. The molecule has 0 unspecified atom stereocenters. The maximum absolute atomic E-state index is 11.9. The molecule has 5 nitrogen and oxygen atoms in total. The van der Waals surface area contributed by atoms with Crippen LogP contribution in [0.2, 0.25) is 0 Å². The minimum Gasteiger partial charge on any atom is -0.507 e. The van der Waals surface area contributed by atoms with E-state index in [1.165, 1.54) is 18.2 Å². The van der Waals surface area contributed by atoms with Crippen LogP contribution in [-0.2, 0) is 10.0 Å². The van der Waals surface area contributed by atoms with Crippen molar-refractivity contribution in [2.24, 2.45) is 0 Å². The van der Waals surface area contributed by atoms with Gasteiger partial charge in [-0.3, -0.25) is 0 Å². The van der Waals surface area contributed by atoms with Crippen molar-refractivity contribution < 1.29 is 13.5 Å². The molecule has 0 amide bonds. The van der Waals surface area contributed by atoms with E-state index in [0.29, 0.717) is 16.7 Å². The number of aromatic hydroxyl groups is 1. The summed E-state index contributed by atoms with van der Waals surface area (Å²) in [6.45, 7) is 0.987. The summed E-state index contributed by atoms with van der Waals surface area (Å²) in [5.41, 5.74) is 0.